The summed E-state index contributed by atoms with van der Waals surface area (Å²) in [6.07, 6.45) is 3.47. The van der Waals surface area contributed by atoms with Crippen molar-refractivity contribution < 1.29 is 0 Å². The second-order valence-corrected chi connectivity index (χ2v) is 6.28. The van der Waals surface area contributed by atoms with Crippen molar-refractivity contribution in [2.45, 2.75) is 46.6 Å². The van der Waals surface area contributed by atoms with Gasteiger partial charge in [0.25, 0.3) is 0 Å². The second-order valence-electron chi connectivity index (χ2n) is 6.28. The van der Waals surface area contributed by atoms with Crippen LogP contribution in [0.25, 0.3) is 0 Å². The summed E-state index contributed by atoms with van der Waals surface area (Å²) in [5, 5.41) is 9.31. The van der Waals surface area contributed by atoms with Gasteiger partial charge in [-0.25, -0.2) is 0 Å². The van der Waals surface area contributed by atoms with Crippen LogP contribution in [0.5, 0.6) is 0 Å². The SMILES string of the molecule is CCCCn1c(C#N)cc(N)c1N1CC(C)CC(C)C1. The first kappa shape index (κ1) is 14.8. The number of hydrogen-bond donors (Lipinski definition) is 1. The molecule has 1 aromatic rings. The minimum absolute atomic E-state index is 0.679. The molecule has 2 unspecified atom stereocenters. The molecule has 0 amide bonds. The topological polar surface area (TPSA) is 58.0 Å². The summed E-state index contributed by atoms with van der Waals surface area (Å²) in [4.78, 5) is 2.38. The summed E-state index contributed by atoms with van der Waals surface area (Å²) < 4.78 is 2.11. The molecule has 0 aliphatic carbocycles. The number of anilines is 2. The number of rotatable bonds is 4. The summed E-state index contributed by atoms with van der Waals surface area (Å²) in [6.45, 7) is 9.71. The Kier molecular flexibility index (Phi) is 4.59. The first-order valence-corrected chi connectivity index (χ1v) is 7.70. The Morgan fingerprint density at radius 2 is 2.00 bits per heavy atom. The van der Waals surface area contributed by atoms with Gasteiger partial charge in [-0.3, -0.25) is 0 Å². The van der Waals surface area contributed by atoms with E-state index in [0.29, 0.717) is 17.5 Å². The minimum atomic E-state index is 0.679. The average Bonchev–Trinajstić information content (AvgIpc) is 2.71. The number of unbranched alkanes of at least 4 members (excludes halogenated alkanes) is 1. The Bertz CT molecular complexity index is 487. The van der Waals surface area contributed by atoms with E-state index in [-0.39, 0.29) is 0 Å². The van der Waals surface area contributed by atoms with Crippen LogP contribution in [0.1, 0.15) is 45.7 Å². The normalized spacial score (nSPS) is 22.8. The maximum Gasteiger partial charge on any atom is 0.133 e. The first-order valence-electron chi connectivity index (χ1n) is 7.70. The van der Waals surface area contributed by atoms with Crippen molar-refractivity contribution in [3.8, 4) is 6.07 Å². The highest BCUT2D eigenvalue weighted by Gasteiger charge is 2.26. The number of nitrogen functional groups attached to an aromatic ring is 1. The lowest BCUT2D eigenvalue weighted by Gasteiger charge is -2.37. The third kappa shape index (κ3) is 2.92. The summed E-state index contributed by atoms with van der Waals surface area (Å²) in [7, 11) is 0. The summed E-state index contributed by atoms with van der Waals surface area (Å²) >= 11 is 0. The van der Waals surface area contributed by atoms with E-state index < -0.39 is 0 Å². The van der Waals surface area contributed by atoms with Gasteiger partial charge < -0.3 is 15.2 Å². The van der Waals surface area contributed by atoms with Gasteiger partial charge in [0.05, 0.1) is 5.69 Å². The molecule has 1 aliphatic heterocycles. The van der Waals surface area contributed by atoms with E-state index in [1.807, 2.05) is 6.07 Å². The molecule has 4 nitrogen and oxygen atoms in total. The fourth-order valence-corrected chi connectivity index (χ4v) is 3.38. The number of nitrogens with zero attached hydrogens (tertiary/aromatic N) is 3. The molecular formula is C16H26N4. The Labute approximate surface area is 122 Å². The van der Waals surface area contributed by atoms with E-state index in [9.17, 15) is 5.26 Å². The molecule has 2 atom stereocenters. The monoisotopic (exact) mass is 274 g/mol. The second kappa shape index (κ2) is 6.21. The predicted octanol–water partition coefficient (Wildman–Crippen LogP) is 3.22. The van der Waals surface area contributed by atoms with Crippen molar-refractivity contribution >= 4 is 11.5 Å². The van der Waals surface area contributed by atoms with E-state index in [1.54, 1.807) is 0 Å². The molecule has 2 heterocycles. The molecule has 20 heavy (non-hydrogen) atoms. The molecule has 4 heteroatoms. The number of piperidine rings is 1. The van der Waals surface area contributed by atoms with Crippen LogP contribution >= 0.6 is 0 Å². The molecule has 1 aromatic heterocycles. The molecule has 0 radical (unpaired) electrons. The van der Waals surface area contributed by atoms with Gasteiger partial charge >= 0.3 is 0 Å². The lowest BCUT2D eigenvalue weighted by molar-refractivity contribution is 0.353. The average molecular weight is 274 g/mol. The van der Waals surface area contributed by atoms with Gasteiger partial charge in [0.2, 0.25) is 0 Å². The van der Waals surface area contributed by atoms with Gasteiger partial charge in [-0.2, -0.15) is 5.26 Å². The van der Waals surface area contributed by atoms with Crippen LogP contribution in [0.4, 0.5) is 11.5 Å². The van der Waals surface area contributed by atoms with Gasteiger partial charge in [-0.05, 0) is 30.7 Å². The number of hydrogen-bond acceptors (Lipinski definition) is 3. The van der Waals surface area contributed by atoms with Gasteiger partial charge in [-0.15, -0.1) is 0 Å². The highest BCUT2D eigenvalue weighted by molar-refractivity contribution is 5.68. The molecule has 0 bridgehead atoms. The van der Waals surface area contributed by atoms with Crippen LogP contribution < -0.4 is 10.6 Å². The Balaban J connectivity index is 2.34. The molecule has 1 fully saturated rings. The molecule has 0 spiro atoms. The zero-order valence-corrected chi connectivity index (χ0v) is 12.9. The minimum Gasteiger partial charge on any atom is -0.396 e. The van der Waals surface area contributed by atoms with Crippen LogP contribution in [0.15, 0.2) is 6.07 Å². The quantitative estimate of drug-likeness (QED) is 0.917. The van der Waals surface area contributed by atoms with Gasteiger partial charge in [0.1, 0.15) is 17.6 Å². The summed E-state index contributed by atoms with van der Waals surface area (Å²) in [5.41, 5.74) is 7.64. The van der Waals surface area contributed by atoms with Crippen LogP contribution in [0.3, 0.4) is 0 Å². The van der Waals surface area contributed by atoms with Gasteiger partial charge in [-0.1, -0.05) is 27.2 Å². The van der Waals surface area contributed by atoms with E-state index in [4.69, 9.17) is 5.73 Å². The number of aromatic nitrogens is 1. The standard InChI is InChI=1S/C16H26N4/c1-4-5-6-20-14(9-17)8-15(18)16(20)19-10-12(2)7-13(3)11-19/h8,12-13H,4-7,10-11,18H2,1-3H3. The van der Waals surface area contributed by atoms with Crippen LogP contribution in [-0.2, 0) is 6.54 Å². The Morgan fingerprint density at radius 3 is 2.55 bits per heavy atom. The largest absolute Gasteiger partial charge is 0.396 e. The predicted molar refractivity (Wildman–Crippen MR) is 83.6 cm³/mol. The zero-order valence-electron chi connectivity index (χ0n) is 12.9. The molecular weight excluding hydrogens is 248 g/mol. The van der Waals surface area contributed by atoms with Crippen molar-refractivity contribution in [1.29, 1.82) is 5.26 Å². The molecule has 1 aliphatic rings. The molecule has 2 rings (SSSR count). The van der Waals surface area contributed by atoms with Crippen molar-refractivity contribution in [3.63, 3.8) is 0 Å². The lowest BCUT2D eigenvalue weighted by atomic mass is 9.92. The fraction of sp³-hybridized carbons (Fsp3) is 0.688. The van der Waals surface area contributed by atoms with Gasteiger partial charge in [0.15, 0.2) is 0 Å². The first-order chi connectivity index (χ1) is 9.56. The van der Waals surface area contributed by atoms with Gasteiger partial charge in [0, 0.05) is 19.6 Å². The number of nitrogens with two attached hydrogens (primary N) is 1. The maximum atomic E-state index is 9.31. The number of nitriles is 1. The molecule has 0 saturated carbocycles. The highest BCUT2D eigenvalue weighted by atomic mass is 15.3. The van der Waals surface area contributed by atoms with Crippen molar-refractivity contribution in [3.05, 3.63) is 11.8 Å². The molecule has 110 valence electrons. The smallest absolute Gasteiger partial charge is 0.133 e. The van der Waals surface area contributed by atoms with E-state index >= 15 is 0 Å². The van der Waals surface area contributed by atoms with Crippen molar-refractivity contribution in [2.75, 3.05) is 23.7 Å². The third-order valence-electron chi connectivity index (χ3n) is 4.12. The maximum absolute atomic E-state index is 9.31. The molecule has 0 aromatic carbocycles. The highest BCUT2D eigenvalue weighted by Crippen LogP contribution is 2.33. The molecule has 1 saturated heterocycles. The Morgan fingerprint density at radius 1 is 1.35 bits per heavy atom. The zero-order chi connectivity index (χ0) is 14.7. The third-order valence-corrected chi connectivity index (χ3v) is 4.12. The van der Waals surface area contributed by atoms with E-state index in [2.05, 4.69) is 36.3 Å². The van der Waals surface area contributed by atoms with Crippen molar-refractivity contribution in [1.82, 2.24) is 4.57 Å². The fourth-order valence-electron chi connectivity index (χ4n) is 3.38. The van der Waals surface area contributed by atoms with E-state index in [0.717, 1.165) is 44.0 Å². The van der Waals surface area contributed by atoms with E-state index in [1.165, 1.54) is 6.42 Å². The van der Waals surface area contributed by atoms with Crippen LogP contribution in [0, 0.1) is 23.2 Å². The Hall–Kier alpha value is -1.63. The van der Waals surface area contributed by atoms with Crippen molar-refractivity contribution in [2.24, 2.45) is 11.8 Å². The lowest BCUT2D eigenvalue weighted by Crippen LogP contribution is -2.40. The molecule has 2 N–H and O–H groups in total. The van der Waals surface area contributed by atoms with Crippen LogP contribution in [0.2, 0.25) is 0 Å². The summed E-state index contributed by atoms with van der Waals surface area (Å²) in [6, 6.07) is 4.11. The summed E-state index contributed by atoms with van der Waals surface area (Å²) in [5.74, 6) is 2.42. The van der Waals surface area contributed by atoms with Crippen LogP contribution in [-0.4, -0.2) is 17.7 Å².